The Bertz CT molecular complexity index is 312. The van der Waals surface area contributed by atoms with Crippen LogP contribution in [0.3, 0.4) is 0 Å². The largest absolute Gasteiger partial charge is 0.393 e. The zero-order chi connectivity index (χ0) is 9.68. The van der Waals surface area contributed by atoms with Crippen molar-refractivity contribution in [1.29, 1.82) is 5.26 Å². The number of hydrogen-bond donors (Lipinski definition) is 1. The molecule has 2 nitrogen and oxygen atoms in total. The summed E-state index contributed by atoms with van der Waals surface area (Å²) in [5.41, 5.74) is 2.09. The molecule has 1 unspecified atom stereocenters. The summed E-state index contributed by atoms with van der Waals surface area (Å²) < 4.78 is 0. The van der Waals surface area contributed by atoms with Crippen LogP contribution in [0.15, 0.2) is 24.3 Å². The predicted octanol–water partition coefficient (Wildman–Crippen LogP) is 1.68. The normalized spacial score (nSPS) is 12.1. The molecule has 0 saturated heterocycles. The second kappa shape index (κ2) is 4.64. The van der Waals surface area contributed by atoms with Gasteiger partial charge in [0, 0.05) is 0 Å². The summed E-state index contributed by atoms with van der Waals surface area (Å²) in [6.45, 7) is 1.75. The quantitative estimate of drug-likeness (QED) is 0.759. The molecule has 0 saturated carbocycles. The highest BCUT2D eigenvalue weighted by molar-refractivity contribution is 5.29. The SMILES string of the molecule is CC(O)Cc1ccccc1CC#N. The molecule has 0 heterocycles. The number of benzene rings is 1. The summed E-state index contributed by atoms with van der Waals surface area (Å²) in [6.07, 6.45) is 0.695. The molecule has 1 aromatic rings. The van der Waals surface area contributed by atoms with E-state index in [0.29, 0.717) is 12.8 Å². The summed E-state index contributed by atoms with van der Waals surface area (Å²) in [5, 5.41) is 17.8. The number of hydrogen-bond acceptors (Lipinski definition) is 2. The first-order valence-electron chi connectivity index (χ1n) is 4.36. The highest BCUT2D eigenvalue weighted by Gasteiger charge is 2.03. The van der Waals surface area contributed by atoms with Gasteiger partial charge < -0.3 is 5.11 Å². The summed E-state index contributed by atoms with van der Waals surface area (Å²) in [5.74, 6) is 0. The molecule has 0 aliphatic heterocycles. The van der Waals surface area contributed by atoms with E-state index < -0.39 is 0 Å². The lowest BCUT2D eigenvalue weighted by Crippen LogP contribution is -2.06. The van der Waals surface area contributed by atoms with Gasteiger partial charge >= 0.3 is 0 Å². The van der Waals surface area contributed by atoms with Crippen molar-refractivity contribution in [3.63, 3.8) is 0 Å². The van der Waals surface area contributed by atoms with Crippen LogP contribution >= 0.6 is 0 Å². The van der Waals surface area contributed by atoms with Crippen LogP contribution in [0, 0.1) is 11.3 Å². The lowest BCUT2D eigenvalue weighted by atomic mass is 10.0. The maximum absolute atomic E-state index is 9.22. The van der Waals surface area contributed by atoms with E-state index >= 15 is 0 Å². The predicted molar refractivity (Wildman–Crippen MR) is 51.1 cm³/mol. The molecule has 0 spiro atoms. The van der Waals surface area contributed by atoms with Crippen LogP contribution in [0.2, 0.25) is 0 Å². The highest BCUT2D eigenvalue weighted by atomic mass is 16.3. The average molecular weight is 175 g/mol. The number of aliphatic hydroxyl groups excluding tert-OH is 1. The lowest BCUT2D eigenvalue weighted by molar-refractivity contribution is 0.195. The second-order valence-electron chi connectivity index (χ2n) is 3.16. The minimum absolute atomic E-state index is 0.347. The standard InChI is InChI=1S/C11H13NO/c1-9(13)8-11-5-3-2-4-10(11)6-7-12/h2-5,9,13H,6,8H2,1H3. The van der Waals surface area contributed by atoms with Crippen LogP contribution < -0.4 is 0 Å². The first-order chi connectivity index (χ1) is 6.24. The lowest BCUT2D eigenvalue weighted by Gasteiger charge is -2.07. The fourth-order valence-electron chi connectivity index (χ4n) is 1.33. The Morgan fingerprint density at radius 1 is 1.38 bits per heavy atom. The van der Waals surface area contributed by atoms with Crippen LogP contribution in [0.1, 0.15) is 18.1 Å². The van der Waals surface area contributed by atoms with Gasteiger partial charge in [0.05, 0.1) is 18.6 Å². The van der Waals surface area contributed by atoms with Gasteiger partial charge in [-0.1, -0.05) is 24.3 Å². The van der Waals surface area contributed by atoms with Gasteiger partial charge in [0.2, 0.25) is 0 Å². The fraction of sp³-hybridized carbons (Fsp3) is 0.364. The smallest absolute Gasteiger partial charge is 0.0669 e. The number of aliphatic hydroxyl groups is 1. The van der Waals surface area contributed by atoms with Crippen molar-refractivity contribution in [3.8, 4) is 6.07 Å². The molecule has 1 atom stereocenters. The third kappa shape index (κ3) is 2.89. The number of nitrogens with zero attached hydrogens (tertiary/aromatic N) is 1. The topological polar surface area (TPSA) is 44.0 Å². The Labute approximate surface area is 78.4 Å². The molecular formula is C11H13NO. The van der Waals surface area contributed by atoms with Gasteiger partial charge in [0.25, 0.3) is 0 Å². The van der Waals surface area contributed by atoms with Gasteiger partial charge in [0.15, 0.2) is 0 Å². The van der Waals surface area contributed by atoms with Crippen molar-refractivity contribution in [1.82, 2.24) is 0 Å². The number of nitriles is 1. The maximum atomic E-state index is 9.22. The van der Waals surface area contributed by atoms with E-state index in [1.807, 2.05) is 24.3 Å². The van der Waals surface area contributed by atoms with E-state index in [9.17, 15) is 5.11 Å². The van der Waals surface area contributed by atoms with Gasteiger partial charge in [-0.2, -0.15) is 5.26 Å². The molecular weight excluding hydrogens is 162 g/mol. The van der Waals surface area contributed by atoms with Crippen molar-refractivity contribution in [2.24, 2.45) is 0 Å². The van der Waals surface area contributed by atoms with Crippen molar-refractivity contribution in [2.75, 3.05) is 0 Å². The van der Waals surface area contributed by atoms with Crippen molar-refractivity contribution in [3.05, 3.63) is 35.4 Å². The van der Waals surface area contributed by atoms with Crippen molar-refractivity contribution >= 4 is 0 Å². The third-order valence-corrected chi connectivity index (χ3v) is 1.90. The molecule has 13 heavy (non-hydrogen) atoms. The van der Waals surface area contributed by atoms with E-state index in [4.69, 9.17) is 5.26 Å². The van der Waals surface area contributed by atoms with Gasteiger partial charge in [-0.05, 0) is 24.5 Å². The van der Waals surface area contributed by atoms with Crippen LogP contribution in [-0.2, 0) is 12.8 Å². The summed E-state index contributed by atoms with van der Waals surface area (Å²) in [4.78, 5) is 0. The minimum Gasteiger partial charge on any atom is -0.393 e. The van der Waals surface area contributed by atoms with E-state index in [1.165, 1.54) is 0 Å². The Balaban J connectivity index is 2.85. The van der Waals surface area contributed by atoms with E-state index in [1.54, 1.807) is 6.92 Å². The van der Waals surface area contributed by atoms with E-state index in [2.05, 4.69) is 6.07 Å². The maximum Gasteiger partial charge on any atom is 0.0669 e. The monoisotopic (exact) mass is 175 g/mol. The Hall–Kier alpha value is -1.33. The van der Waals surface area contributed by atoms with Gasteiger partial charge in [-0.3, -0.25) is 0 Å². The molecule has 0 aliphatic carbocycles. The Morgan fingerprint density at radius 3 is 2.54 bits per heavy atom. The second-order valence-corrected chi connectivity index (χ2v) is 3.16. The molecule has 0 amide bonds. The van der Waals surface area contributed by atoms with Crippen molar-refractivity contribution < 1.29 is 5.11 Å². The summed E-state index contributed by atoms with van der Waals surface area (Å²) in [7, 11) is 0. The zero-order valence-corrected chi connectivity index (χ0v) is 7.70. The molecule has 0 fully saturated rings. The molecule has 2 heteroatoms. The molecule has 1 N–H and O–H groups in total. The molecule has 0 aliphatic rings. The van der Waals surface area contributed by atoms with Crippen LogP contribution in [0.5, 0.6) is 0 Å². The summed E-state index contributed by atoms with van der Waals surface area (Å²) in [6, 6.07) is 9.85. The van der Waals surface area contributed by atoms with E-state index in [0.717, 1.165) is 11.1 Å². The zero-order valence-electron chi connectivity index (χ0n) is 7.70. The molecule has 68 valence electrons. The fourth-order valence-corrected chi connectivity index (χ4v) is 1.33. The first kappa shape index (κ1) is 9.76. The molecule has 0 bridgehead atoms. The van der Waals surface area contributed by atoms with Gasteiger partial charge in [-0.15, -0.1) is 0 Å². The highest BCUT2D eigenvalue weighted by Crippen LogP contribution is 2.11. The third-order valence-electron chi connectivity index (χ3n) is 1.90. The Kier molecular flexibility index (Phi) is 3.48. The van der Waals surface area contributed by atoms with E-state index in [-0.39, 0.29) is 6.10 Å². The molecule has 0 aromatic heterocycles. The average Bonchev–Trinajstić information content (AvgIpc) is 2.08. The van der Waals surface area contributed by atoms with Crippen LogP contribution in [0.25, 0.3) is 0 Å². The van der Waals surface area contributed by atoms with Gasteiger partial charge in [-0.25, -0.2) is 0 Å². The van der Waals surface area contributed by atoms with Crippen LogP contribution in [0.4, 0.5) is 0 Å². The summed E-state index contributed by atoms with van der Waals surface area (Å²) >= 11 is 0. The molecule has 1 aromatic carbocycles. The number of rotatable bonds is 3. The minimum atomic E-state index is -0.347. The first-order valence-corrected chi connectivity index (χ1v) is 4.36. The van der Waals surface area contributed by atoms with Crippen LogP contribution in [-0.4, -0.2) is 11.2 Å². The Morgan fingerprint density at radius 2 is 2.00 bits per heavy atom. The van der Waals surface area contributed by atoms with Crippen molar-refractivity contribution in [2.45, 2.75) is 25.9 Å². The molecule has 1 rings (SSSR count). The molecule has 0 radical (unpaired) electrons. The van der Waals surface area contributed by atoms with Gasteiger partial charge in [0.1, 0.15) is 0 Å².